The second-order valence-corrected chi connectivity index (χ2v) is 7.50. The van der Waals surface area contributed by atoms with Crippen LogP contribution in [0.2, 0.25) is 0 Å². The van der Waals surface area contributed by atoms with Crippen LogP contribution in [0.4, 0.5) is 0 Å². The Labute approximate surface area is 123 Å². The summed E-state index contributed by atoms with van der Waals surface area (Å²) in [6.45, 7) is 2.23. The number of nitrogens with zero attached hydrogens (tertiary/aromatic N) is 1. The highest BCUT2D eigenvalue weighted by Gasteiger charge is 2.51. The van der Waals surface area contributed by atoms with Gasteiger partial charge >= 0.3 is 5.97 Å². The van der Waals surface area contributed by atoms with Gasteiger partial charge in [-0.2, -0.15) is 4.31 Å². The zero-order chi connectivity index (χ0) is 15.1. The quantitative estimate of drug-likeness (QED) is 0.840. The maximum atomic E-state index is 12.5. The second kappa shape index (κ2) is 5.08. The minimum Gasteiger partial charge on any atom is -0.481 e. The lowest BCUT2D eigenvalue weighted by Crippen LogP contribution is -2.46. The molecule has 0 atom stereocenters. The molecular weight excluding hydrogens is 292 g/mol. The average molecular weight is 310 g/mol. The number of sulfonamides is 1. The van der Waals surface area contributed by atoms with E-state index in [-0.39, 0.29) is 4.90 Å². The van der Waals surface area contributed by atoms with Crippen molar-refractivity contribution in [2.24, 2.45) is 0 Å². The molecule has 1 saturated carbocycles. The predicted octanol–water partition coefficient (Wildman–Crippen LogP) is 0.397. The summed E-state index contributed by atoms with van der Waals surface area (Å²) in [5.74, 6) is -0.833. The van der Waals surface area contributed by atoms with Crippen LogP contribution in [-0.4, -0.2) is 50.0 Å². The van der Waals surface area contributed by atoms with E-state index in [1.165, 1.54) is 16.4 Å². The van der Waals surface area contributed by atoms with Crippen molar-refractivity contribution >= 4 is 16.0 Å². The average Bonchev–Trinajstić information content (AvgIpc) is 3.30. The second-order valence-electron chi connectivity index (χ2n) is 5.57. The lowest BCUT2D eigenvalue weighted by Gasteiger charge is -2.26. The summed E-state index contributed by atoms with van der Waals surface area (Å²) in [6, 6.07) is 6.32. The van der Waals surface area contributed by atoms with E-state index >= 15 is 0 Å². The van der Waals surface area contributed by atoms with E-state index in [4.69, 9.17) is 0 Å². The third-order valence-corrected chi connectivity index (χ3v) is 6.19. The van der Waals surface area contributed by atoms with Crippen molar-refractivity contribution in [3.8, 4) is 0 Å². The SMILES string of the molecule is O=C(O)C1(c2ccc(S(=O)(=O)N3CCNCC3)cc2)CC1. The van der Waals surface area contributed by atoms with Crippen LogP contribution in [0.1, 0.15) is 18.4 Å². The van der Waals surface area contributed by atoms with Gasteiger partial charge in [-0.15, -0.1) is 0 Å². The Kier molecular flexibility index (Phi) is 3.51. The Bertz CT molecular complexity index is 644. The van der Waals surface area contributed by atoms with E-state index in [9.17, 15) is 18.3 Å². The van der Waals surface area contributed by atoms with Crippen molar-refractivity contribution in [3.63, 3.8) is 0 Å². The van der Waals surface area contributed by atoms with Crippen molar-refractivity contribution in [2.45, 2.75) is 23.2 Å². The predicted molar refractivity (Wildman–Crippen MR) is 76.6 cm³/mol. The summed E-state index contributed by atoms with van der Waals surface area (Å²) in [4.78, 5) is 11.5. The zero-order valence-corrected chi connectivity index (χ0v) is 12.4. The maximum Gasteiger partial charge on any atom is 0.314 e. The van der Waals surface area contributed by atoms with Gasteiger partial charge in [0.1, 0.15) is 0 Å². The van der Waals surface area contributed by atoms with Gasteiger partial charge in [-0.3, -0.25) is 4.79 Å². The van der Waals surface area contributed by atoms with E-state index in [1.807, 2.05) is 0 Å². The number of hydrogen-bond acceptors (Lipinski definition) is 4. The van der Waals surface area contributed by atoms with Crippen LogP contribution in [0.15, 0.2) is 29.2 Å². The highest BCUT2D eigenvalue weighted by atomic mass is 32.2. The van der Waals surface area contributed by atoms with Gasteiger partial charge in [0, 0.05) is 26.2 Å². The molecule has 21 heavy (non-hydrogen) atoms. The summed E-state index contributed by atoms with van der Waals surface area (Å²) in [5.41, 5.74) is -0.105. The molecule has 1 aromatic carbocycles. The van der Waals surface area contributed by atoms with Gasteiger partial charge in [-0.1, -0.05) is 12.1 Å². The van der Waals surface area contributed by atoms with E-state index in [1.54, 1.807) is 12.1 Å². The summed E-state index contributed by atoms with van der Waals surface area (Å²) in [6.07, 6.45) is 1.23. The highest BCUT2D eigenvalue weighted by Crippen LogP contribution is 2.48. The van der Waals surface area contributed by atoms with Gasteiger partial charge in [0.2, 0.25) is 10.0 Å². The number of hydrogen-bond donors (Lipinski definition) is 2. The monoisotopic (exact) mass is 310 g/mol. The van der Waals surface area contributed by atoms with E-state index in [0.717, 1.165) is 0 Å². The van der Waals surface area contributed by atoms with Crippen molar-refractivity contribution in [1.82, 2.24) is 9.62 Å². The topological polar surface area (TPSA) is 86.7 Å². The first-order chi connectivity index (χ1) is 9.97. The smallest absolute Gasteiger partial charge is 0.314 e. The number of carboxylic acids is 1. The molecule has 6 nitrogen and oxygen atoms in total. The van der Waals surface area contributed by atoms with Crippen LogP contribution >= 0.6 is 0 Å². The summed E-state index contributed by atoms with van der Waals surface area (Å²) < 4.78 is 26.4. The van der Waals surface area contributed by atoms with E-state index in [0.29, 0.717) is 44.6 Å². The number of piperazine rings is 1. The minimum absolute atomic E-state index is 0.231. The molecule has 1 saturated heterocycles. The first-order valence-electron chi connectivity index (χ1n) is 7.02. The van der Waals surface area contributed by atoms with Gasteiger partial charge in [-0.25, -0.2) is 8.42 Å². The van der Waals surface area contributed by atoms with Crippen molar-refractivity contribution in [3.05, 3.63) is 29.8 Å². The Morgan fingerprint density at radius 1 is 1.14 bits per heavy atom. The Balaban J connectivity index is 1.85. The molecule has 7 heteroatoms. The molecule has 2 N–H and O–H groups in total. The van der Waals surface area contributed by atoms with Crippen molar-refractivity contribution in [1.29, 1.82) is 0 Å². The lowest BCUT2D eigenvalue weighted by atomic mass is 9.96. The number of carboxylic acid groups (broad SMARTS) is 1. The van der Waals surface area contributed by atoms with Gasteiger partial charge in [0.15, 0.2) is 0 Å². The molecule has 1 aliphatic heterocycles. The van der Waals surface area contributed by atoms with Crippen LogP contribution in [0.3, 0.4) is 0 Å². The minimum atomic E-state index is -3.48. The third-order valence-electron chi connectivity index (χ3n) is 4.28. The van der Waals surface area contributed by atoms with Crippen molar-refractivity contribution < 1.29 is 18.3 Å². The summed E-state index contributed by atoms with van der Waals surface area (Å²) in [5, 5.41) is 12.4. The van der Waals surface area contributed by atoms with Crippen LogP contribution in [0.5, 0.6) is 0 Å². The molecular formula is C14H18N2O4S. The molecule has 0 bridgehead atoms. The van der Waals surface area contributed by atoms with Gasteiger partial charge < -0.3 is 10.4 Å². The fourth-order valence-electron chi connectivity index (χ4n) is 2.73. The van der Waals surface area contributed by atoms with Crippen LogP contribution < -0.4 is 5.32 Å². The largest absolute Gasteiger partial charge is 0.481 e. The normalized spacial score (nSPS) is 21.9. The number of rotatable bonds is 4. The van der Waals surface area contributed by atoms with Gasteiger partial charge in [-0.05, 0) is 30.5 Å². The molecule has 0 unspecified atom stereocenters. The number of aliphatic carboxylic acids is 1. The molecule has 1 aliphatic carbocycles. The molecule has 3 rings (SSSR count). The molecule has 114 valence electrons. The molecule has 0 spiro atoms. The van der Waals surface area contributed by atoms with Crippen LogP contribution in [-0.2, 0) is 20.2 Å². The molecule has 0 radical (unpaired) electrons. The number of benzene rings is 1. The number of carbonyl (C=O) groups is 1. The van der Waals surface area contributed by atoms with Crippen LogP contribution in [0, 0.1) is 0 Å². The molecule has 0 aromatic heterocycles. The fourth-order valence-corrected chi connectivity index (χ4v) is 4.17. The first kappa shape index (κ1) is 14.5. The van der Waals surface area contributed by atoms with E-state index < -0.39 is 21.4 Å². The van der Waals surface area contributed by atoms with Gasteiger partial charge in [0.05, 0.1) is 10.3 Å². The molecule has 2 aliphatic rings. The fraction of sp³-hybridized carbons (Fsp3) is 0.500. The first-order valence-corrected chi connectivity index (χ1v) is 8.46. The summed E-state index contributed by atoms with van der Waals surface area (Å²) >= 11 is 0. The standard InChI is InChI=1S/C14H18N2O4S/c17-13(18)14(5-6-14)11-1-3-12(4-2-11)21(19,20)16-9-7-15-8-10-16/h1-4,15H,5-10H2,(H,17,18). The highest BCUT2D eigenvalue weighted by molar-refractivity contribution is 7.89. The number of nitrogens with one attached hydrogen (secondary N) is 1. The third kappa shape index (κ3) is 2.45. The van der Waals surface area contributed by atoms with Crippen LogP contribution in [0.25, 0.3) is 0 Å². The van der Waals surface area contributed by atoms with Gasteiger partial charge in [0.25, 0.3) is 0 Å². The maximum absolute atomic E-state index is 12.5. The Morgan fingerprint density at radius 3 is 2.19 bits per heavy atom. The Hall–Kier alpha value is -1.44. The zero-order valence-electron chi connectivity index (χ0n) is 11.6. The molecule has 1 aromatic rings. The summed E-state index contributed by atoms with van der Waals surface area (Å²) in [7, 11) is -3.48. The van der Waals surface area contributed by atoms with Crippen molar-refractivity contribution in [2.75, 3.05) is 26.2 Å². The lowest BCUT2D eigenvalue weighted by molar-refractivity contribution is -0.140. The molecule has 2 fully saturated rings. The molecule has 1 heterocycles. The van der Waals surface area contributed by atoms with E-state index in [2.05, 4.69) is 5.32 Å². The molecule has 0 amide bonds. The Morgan fingerprint density at radius 2 is 1.71 bits per heavy atom.